The SMILES string of the molecule is CC(C)C1CCCCC1NC(C)C(C)C(=O)O. The van der Waals surface area contributed by atoms with E-state index in [0.29, 0.717) is 17.9 Å². The molecule has 0 aliphatic heterocycles. The van der Waals surface area contributed by atoms with E-state index in [-0.39, 0.29) is 12.0 Å². The van der Waals surface area contributed by atoms with Gasteiger partial charge in [0.25, 0.3) is 0 Å². The van der Waals surface area contributed by atoms with E-state index in [9.17, 15) is 4.79 Å². The van der Waals surface area contributed by atoms with E-state index in [1.807, 2.05) is 6.92 Å². The number of carbonyl (C=O) groups is 1. The number of carboxylic acids is 1. The monoisotopic (exact) mass is 241 g/mol. The Kier molecular flexibility index (Phi) is 5.44. The minimum atomic E-state index is -0.707. The van der Waals surface area contributed by atoms with Crippen molar-refractivity contribution in [3.63, 3.8) is 0 Å². The Bertz CT molecular complexity index is 253. The number of hydrogen-bond acceptors (Lipinski definition) is 2. The third kappa shape index (κ3) is 3.98. The molecule has 3 heteroatoms. The van der Waals surface area contributed by atoms with Crippen molar-refractivity contribution in [2.45, 2.75) is 65.5 Å². The third-order valence-corrected chi connectivity index (χ3v) is 4.29. The Morgan fingerprint density at radius 1 is 1.18 bits per heavy atom. The molecule has 0 amide bonds. The summed E-state index contributed by atoms with van der Waals surface area (Å²) in [6, 6.07) is 0.553. The Morgan fingerprint density at radius 2 is 1.76 bits per heavy atom. The van der Waals surface area contributed by atoms with Crippen LogP contribution in [-0.4, -0.2) is 23.2 Å². The van der Waals surface area contributed by atoms with E-state index in [0.717, 1.165) is 0 Å². The summed E-state index contributed by atoms with van der Waals surface area (Å²) in [5.74, 6) is 0.360. The largest absolute Gasteiger partial charge is 0.481 e. The number of aliphatic carboxylic acids is 1. The molecule has 1 aliphatic rings. The predicted octanol–water partition coefficient (Wildman–Crippen LogP) is 2.90. The third-order valence-electron chi connectivity index (χ3n) is 4.29. The Labute approximate surface area is 105 Å². The molecule has 4 atom stereocenters. The van der Waals surface area contributed by atoms with Gasteiger partial charge in [0.1, 0.15) is 0 Å². The second-order valence-electron chi connectivity index (χ2n) is 5.88. The molecule has 1 fully saturated rings. The molecule has 1 rings (SSSR count). The molecule has 100 valence electrons. The summed E-state index contributed by atoms with van der Waals surface area (Å²) < 4.78 is 0. The van der Waals surface area contributed by atoms with Crippen LogP contribution in [0.5, 0.6) is 0 Å². The molecule has 1 aliphatic carbocycles. The van der Waals surface area contributed by atoms with Gasteiger partial charge in [-0.15, -0.1) is 0 Å². The van der Waals surface area contributed by atoms with E-state index in [4.69, 9.17) is 5.11 Å². The highest BCUT2D eigenvalue weighted by Gasteiger charge is 2.30. The second-order valence-corrected chi connectivity index (χ2v) is 5.88. The minimum absolute atomic E-state index is 0.0526. The standard InChI is InChI=1S/C14H27NO2/c1-9(2)12-7-5-6-8-13(12)15-11(4)10(3)14(16)17/h9-13,15H,5-8H2,1-4H3,(H,16,17). The summed E-state index contributed by atoms with van der Waals surface area (Å²) in [6.45, 7) is 8.32. The molecular formula is C14H27NO2. The molecule has 3 nitrogen and oxygen atoms in total. The molecule has 0 aromatic heterocycles. The average Bonchev–Trinajstić information content (AvgIpc) is 2.28. The second kappa shape index (κ2) is 6.39. The molecule has 0 saturated heterocycles. The van der Waals surface area contributed by atoms with Crippen LogP contribution >= 0.6 is 0 Å². The lowest BCUT2D eigenvalue weighted by molar-refractivity contribution is -0.142. The van der Waals surface area contributed by atoms with Gasteiger partial charge >= 0.3 is 5.97 Å². The van der Waals surface area contributed by atoms with Crippen LogP contribution in [0.1, 0.15) is 53.4 Å². The summed E-state index contributed by atoms with van der Waals surface area (Å²) in [5.41, 5.74) is 0. The molecule has 0 spiro atoms. The van der Waals surface area contributed by atoms with Gasteiger partial charge in [-0.05, 0) is 31.6 Å². The number of nitrogens with one attached hydrogen (secondary N) is 1. The molecule has 17 heavy (non-hydrogen) atoms. The van der Waals surface area contributed by atoms with E-state index in [2.05, 4.69) is 19.2 Å². The summed E-state index contributed by atoms with van der Waals surface area (Å²) in [6.07, 6.45) is 5.07. The van der Waals surface area contributed by atoms with Gasteiger partial charge in [0.05, 0.1) is 5.92 Å². The summed E-state index contributed by atoms with van der Waals surface area (Å²) >= 11 is 0. The van der Waals surface area contributed by atoms with Crippen molar-refractivity contribution in [1.82, 2.24) is 5.32 Å². The molecule has 0 aromatic rings. The van der Waals surface area contributed by atoms with Crippen LogP contribution in [0.25, 0.3) is 0 Å². The lowest BCUT2D eigenvalue weighted by Crippen LogP contribution is -2.48. The highest BCUT2D eigenvalue weighted by molar-refractivity contribution is 5.70. The average molecular weight is 241 g/mol. The molecule has 4 unspecified atom stereocenters. The summed E-state index contributed by atoms with van der Waals surface area (Å²) in [7, 11) is 0. The zero-order valence-electron chi connectivity index (χ0n) is 11.6. The van der Waals surface area contributed by atoms with Crippen LogP contribution < -0.4 is 5.32 Å². The van der Waals surface area contributed by atoms with Crippen LogP contribution in [0.3, 0.4) is 0 Å². The van der Waals surface area contributed by atoms with E-state index < -0.39 is 5.97 Å². The zero-order chi connectivity index (χ0) is 13.0. The molecule has 1 saturated carbocycles. The van der Waals surface area contributed by atoms with Gasteiger partial charge in [-0.2, -0.15) is 0 Å². The highest BCUT2D eigenvalue weighted by atomic mass is 16.4. The smallest absolute Gasteiger partial charge is 0.307 e. The van der Waals surface area contributed by atoms with E-state index in [1.54, 1.807) is 6.92 Å². The molecule has 0 bridgehead atoms. The molecule has 0 heterocycles. The first-order valence-electron chi connectivity index (χ1n) is 6.92. The van der Waals surface area contributed by atoms with Gasteiger partial charge < -0.3 is 10.4 Å². The van der Waals surface area contributed by atoms with Crippen LogP contribution in [0.4, 0.5) is 0 Å². The van der Waals surface area contributed by atoms with Crippen LogP contribution in [-0.2, 0) is 4.79 Å². The predicted molar refractivity (Wildman–Crippen MR) is 70.0 cm³/mol. The maximum Gasteiger partial charge on any atom is 0.307 e. The molecular weight excluding hydrogens is 214 g/mol. The first kappa shape index (κ1) is 14.5. The topological polar surface area (TPSA) is 49.3 Å². The lowest BCUT2D eigenvalue weighted by atomic mass is 9.77. The summed E-state index contributed by atoms with van der Waals surface area (Å²) in [5, 5.41) is 12.6. The van der Waals surface area contributed by atoms with Crippen molar-refractivity contribution in [2.24, 2.45) is 17.8 Å². The normalized spacial score (nSPS) is 29.0. The quantitative estimate of drug-likeness (QED) is 0.778. The zero-order valence-corrected chi connectivity index (χ0v) is 11.6. The van der Waals surface area contributed by atoms with Crippen molar-refractivity contribution in [3.8, 4) is 0 Å². The van der Waals surface area contributed by atoms with Crippen molar-refractivity contribution in [1.29, 1.82) is 0 Å². The van der Waals surface area contributed by atoms with Gasteiger partial charge in [0.15, 0.2) is 0 Å². The van der Waals surface area contributed by atoms with Gasteiger partial charge in [-0.1, -0.05) is 33.6 Å². The number of rotatable bonds is 5. The molecule has 0 radical (unpaired) electrons. The van der Waals surface area contributed by atoms with Gasteiger partial charge in [-0.3, -0.25) is 4.79 Å². The van der Waals surface area contributed by atoms with Gasteiger partial charge in [0.2, 0.25) is 0 Å². The lowest BCUT2D eigenvalue weighted by Gasteiger charge is -2.37. The van der Waals surface area contributed by atoms with Crippen molar-refractivity contribution >= 4 is 5.97 Å². The van der Waals surface area contributed by atoms with Crippen LogP contribution in [0, 0.1) is 17.8 Å². The van der Waals surface area contributed by atoms with Crippen molar-refractivity contribution in [3.05, 3.63) is 0 Å². The minimum Gasteiger partial charge on any atom is -0.481 e. The highest BCUT2D eigenvalue weighted by Crippen LogP contribution is 2.30. The van der Waals surface area contributed by atoms with Gasteiger partial charge in [0, 0.05) is 12.1 Å². The van der Waals surface area contributed by atoms with Crippen LogP contribution in [0.15, 0.2) is 0 Å². The van der Waals surface area contributed by atoms with Gasteiger partial charge in [-0.25, -0.2) is 0 Å². The van der Waals surface area contributed by atoms with Crippen LogP contribution in [0.2, 0.25) is 0 Å². The Morgan fingerprint density at radius 3 is 2.29 bits per heavy atom. The maximum absolute atomic E-state index is 11.0. The molecule has 0 aromatic carbocycles. The first-order valence-corrected chi connectivity index (χ1v) is 6.92. The Hall–Kier alpha value is -0.570. The fraction of sp³-hybridized carbons (Fsp3) is 0.929. The maximum atomic E-state index is 11.0. The fourth-order valence-corrected chi connectivity index (χ4v) is 2.86. The number of carboxylic acid groups (broad SMARTS) is 1. The Balaban J connectivity index is 2.55. The number of hydrogen-bond donors (Lipinski definition) is 2. The van der Waals surface area contributed by atoms with Crippen molar-refractivity contribution < 1.29 is 9.90 Å². The van der Waals surface area contributed by atoms with E-state index in [1.165, 1.54) is 25.7 Å². The first-order chi connectivity index (χ1) is 7.93. The molecule has 2 N–H and O–H groups in total. The van der Waals surface area contributed by atoms with Crippen molar-refractivity contribution in [2.75, 3.05) is 0 Å². The summed E-state index contributed by atoms with van der Waals surface area (Å²) in [4.78, 5) is 11.0. The fourth-order valence-electron chi connectivity index (χ4n) is 2.86. The van der Waals surface area contributed by atoms with E-state index >= 15 is 0 Å².